The van der Waals surface area contributed by atoms with E-state index in [4.69, 9.17) is 4.74 Å². The van der Waals surface area contributed by atoms with Crippen LogP contribution in [-0.4, -0.2) is 40.3 Å². The van der Waals surface area contributed by atoms with Gasteiger partial charge in [0.1, 0.15) is 5.60 Å². The van der Waals surface area contributed by atoms with E-state index in [9.17, 15) is 24.0 Å². The minimum atomic E-state index is -1.01. The Balaban J connectivity index is 2.12. The van der Waals surface area contributed by atoms with Crippen LogP contribution in [-0.2, 0) is 19.1 Å². The zero-order valence-corrected chi connectivity index (χ0v) is 15.3. The molecule has 0 atom stereocenters. The van der Waals surface area contributed by atoms with Gasteiger partial charge >= 0.3 is 6.09 Å². The summed E-state index contributed by atoms with van der Waals surface area (Å²) in [6.07, 6.45) is 1.28. The van der Waals surface area contributed by atoms with Crippen LogP contribution in [0.2, 0.25) is 0 Å². The summed E-state index contributed by atoms with van der Waals surface area (Å²) in [6.45, 7) is 5.98. The highest BCUT2D eigenvalue weighted by Gasteiger charge is 2.28. The van der Waals surface area contributed by atoms with Gasteiger partial charge in [-0.3, -0.25) is 24.6 Å². The third kappa shape index (κ3) is 4.78. The second kappa shape index (κ2) is 7.40. The summed E-state index contributed by atoms with van der Waals surface area (Å²) >= 11 is 0. The molecule has 0 saturated carbocycles. The highest BCUT2D eigenvalue weighted by atomic mass is 16.6. The smallest absolute Gasteiger partial charge is 0.436 e. The van der Waals surface area contributed by atoms with Crippen molar-refractivity contribution in [1.29, 1.82) is 0 Å². The molecular weight excluding hydrogens is 354 g/mol. The monoisotopic (exact) mass is 373 g/mol. The molecule has 1 aromatic carbocycles. The number of hydrogen-bond donors (Lipinski definition) is 1. The highest BCUT2D eigenvalue weighted by molar-refractivity contribution is 6.28. The highest BCUT2D eigenvalue weighted by Crippen LogP contribution is 2.19. The second-order valence-corrected chi connectivity index (χ2v) is 6.67. The number of ether oxygens (including phenoxy) is 1. The fourth-order valence-corrected chi connectivity index (χ4v) is 2.14. The summed E-state index contributed by atoms with van der Waals surface area (Å²) in [7, 11) is 0. The Hall–Kier alpha value is -3.49. The number of anilines is 1. The molecule has 0 radical (unpaired) electrons. The van der Waals surface area contributed by atoms with Gasteiger partial charge in [0.05, 0.1) is 5.69 Å². The summed E-state index contributed by atoms with van der Waals surface area (Å²) in [5.74, 6) is -2.43. The first kappa shape index (κ1) is 19.8. The molecule has 0 fully saturated rings. The van der Waals surface area contributed by atoms with E-state index in [1.165, 1.54) is 24.3 Å². The number of hydrazine groups is 1. The molecule has 0 spiro atoms. The lowest BCUT2D eigenvalue weighted by Crippen LogP contribution is -2.50. The van der Waals surface area contributed by atoms with Gasteiger partial charge in [-0.2, -0.15) is 5.01 Å². The Labute approximate surface area is 155 Å². The second-order valence-electron chi connectivity index (χ2n) is 6.67. The maximum Gasteiger partial charge on any atom is 0.436 e. The molecule has 1 aliphatic rings. The minimum Gasteiger partial charge on any atom is -0.442 e. The van der Waals surface area contributed by atoms with E-state index in [2.05, 4.69) is 5.43 Å². The average molecular weight is 373 g/mol. The van der Waals surface area contributed by atoms with Crippen LogP contribution >= 0.6 is 0 Å². The lowest BCUT2D eigenvalue weighted by molar-refractivity contribution is -0.130. The number of carbonyl (C=O) groups excluding carboxylic acids is 5. The van der Waals surface area contributed by atoms with Crippen LogP contribution in [0.25, 0.3) is 0 Å². The standard InChI is InChI=1S/C18H19N3O6/c1-11(22)21(17(26)27-18(2,3)4)19-16(25)12-5-7-13(8-6-12)20-14(23)9-10-15(20)24/h5-10H,1-4H3,(H,19,25). The van der Waals surface area contributed by atoms with Gasteiger partial charge in [0.2, 0.25) is 5.91 Å². The summed E-state index contributed by atoms with van der Waals surface area (Å²) in [5, 5.41) is 0.471. The van der Waals surface area contributed by atoms with E-state index >= 15 is 0 Å². The lowest BCUT2D eigenvalue weighted by atomic mass is 10.2. The Kier molecular flexibility index (Phi) is 5.44. The van der Waals surface area contributed by atoms with E-state index in [1.54, 1.807) is 20.8 Å². The minimum absolute atomic E-state index is 0.112. The van der Waals surface area contributed by atoms with Crippen molar-refractivity contribution >= 4 is 35.4 Å². The van der Waals surface area contributed by atoms with Gasteiger partial charge in [0.15, 0.2) is 0 Å². The van der Waals surface area contributed by atoms with Crippen LogP contribution in [0.3, 0.4) is 0 Å². The number of benzene rings is 1. The van der Waals surface area contributed by atoms with Crippen molar-refractivity contribution in [2.45, 2.75) is 33.3 Å². The first-order valence-corrected chi connectivity index (χ1v) is 8.00. The van der Waals surface area contributed by atoms with Gasteiger partial charge in [-0.05, 0) is 45.0 Å². The molecule has 2 rings (SSSR count). The number of nitrogens with one attached hydrogen (secondary N) is 1. The van der Waals surface area contributed by atoms with Crippen molar-refractivity contribution in [1.82, 2.24) is 10.4 Å². The molecule has 27 heavy (non-hydrogen) atoms. The molecule has 1 N–H and O–H groups in total. The summed E-state index contributed by atoms with van der Waals surface area (Å²) in [5.41, 5.74) is 1.73. The fraction of sp³-hybridized carbons (Fsp3) is 0.278. The predicted molar refractivity (Wildman–Crippen MR) is 94.3 cm³/mol. The molecule has 0 aromatic heterocycles. The van der Waals surface area contributed by atoms with E-state index < -0.39 is 35.3 Å². The zero-order valence-electron chi connectivity index (χ0n) is 15.3. The lowest BCUT2D eigenvalue weighted by Gasteiger charge is -2.25. The number of hydrogen-bond acceptors (Lipinski definition) is 6. The Morgan fingerprint density at radius 3 is 1.96 bits per heavy atom. The summed E-state index contributed by atoms with van der Waals surface area (Å²) < 4.78 is 5.07. The van der Waals surface area contributed by atoms with Crippen molar-refractivity contribution in [2.24, 2.45) is 0 Å². The molecule has 9 heteroatoms. The Bertz CT molecular complexity index is 818. The fourth-order valence-electron chi connectivity index (χ4n) is 2.14. The van der Waals surface area contributed by atoms with Crippen molar-refractivity contribution < 1.29 is 28.7 Å². The van der Waals surface area contributed by atoms with Gasteiger partial charge in [-0.25, -0.2) is 9.69 Å². The van der Waals surface area contributed by atoms with Crippen LogP contribution in [0.4, 0.5) is 10.5 Å². The Morgan fingerprint density at radius 1 is 1.00 bits per heavy atom. The molecular formula is C18H19N3O6. The number of nitrogens with zero attached hydrogens (tertiary/aromatic N) is 2. The molecule has 1 aliphatic heterocycles. The molecule has 1 aromatic rings. The van der Waals surface area contributed by atoms with Gasteiger partial charge in [0, 0.05) is 24.6 Å². The Morgan fingerprint density at radius 2 is 1.52 bits per heavy atom. The normalized spacial score (nSPS) is 13.6. The maximum absolute atomic E-state index is 12.3. The molecule has 0 bridgehead atoms. The van der Waals surface area contributed by atoms with Crippen LogP contribution in [0.1, 0.15) is 38.1 Å². The number of carbonyl (C=O) groups is 5. The first-order valence-electron chi connectivity index (χ1n) is 8.00. The van der Waals surface area contributed by atoms with E-state index in [0.29, 0.717) is 10.7 Å². The topological polar surface area (TPSA) is 113 Å². The quantitative estimate of drug-likeness (QED) is 0.621. The predicted octanol–water partition coefficient (Wildman–Crippen LogP) is 1.54. The van der Waals surface area contributed by atoms with E-state index in [1.807, 2.05) is 0 Å². The molecule has 0 unspecified atom stereocenters. The average Bonchev–Trinajstić information content (AvgIpc) is 2.89. The van der Waals surface area contributed by atoms with E-state index in [-0.39, 0.29) is 5.56 Å². The third-order valence-corrected chi connectivity index (χ3v) is 3.30. The molecule has 0 aliphatic carbocycles. The van der Waals surface area contributed by atoms with Crippen molar-refractivity contribution in [3.63, 3.8) is 0 Å². The maximum atomic E-state index is 12.3. The molecule has 0 saturated heterocycles. The van der Waals surface area contributed by atoms with Gasteiger partial charge in [0.25, 0.3) is 17.7 Å². The van der Waals surface area contributed by atoms with Crippen molar-refractivity contribution in [3.05, 3.63) is 42.0 Å². The summed E-state index contributed by atoms with van der Waals surface area (Å²) in [4.78, 5) is 60.3. The molecule has 5 amide bonds. The van der Waals surface area contributed by atoms with Crippen molar-refractivity contribution in [2.75, 3.05) is 4.90 Å². The van der Waals surface area contributed by atoms with Gasteiger partial charge in [-0.15, -0.1) is 0 Å². The number of amides is 5. The molecule has 142 valence electrons. The van der Waals surface area contributed by atoms with Crippen molar-refractivity contribution in [3.8, 4) is 0 Å². The molecule has 9 nitrogen and oxygen atoms in total. The van der Waals surface area contributed by atoms with E-state index in [0.717, 1.165) is 24.0 Å². The first-order chi connectivity index (χ1) is 12.5. The summed E-state index contributed by atoms with van der Waals surface area (Å²) in [6, 6.07) is 5.53. The molecule has 1 heterocycles. The largest absolute Gasteiger partial charge is 0.442 e. The third-order valence-electron chi connectivity index (χ3n) is 3.30. The van der Waals surface area contributed by atoms with Crippen LogP contribution in [0.15, 0.2) is 36.4 Å². The van der Waals surface area contributed by atoms with Gasteiger partial charge < -0.3 is 4.74 Å². The number of rotatable bonds is 2. The van der Waals surface area contributed by atoms with Crippen LogP contribution in [0.5, 0.6) is 0 Å². The van der Waals surface area contributed by atoms with Crippen LogP contribution in [0, 0.1) is 0 Å². The SMILES string of the molecule is CC(=O)N(NC(=O)c1ccc(N2C(=O)C=CC2=O)cc1)C(=O)OC(C)(C)C. The number of imide groups is 2. The van der Waals surface area contributed by atoms with Gasteiger partial charge in [-0.1, -0.05) is 0 Å². The zero-order chi connectivity index (χ0) is 20.4. The van der Waals surface area contributed by atoms with Crippen LogP contribution < -0.4 is 10.3 Å².